The van der Waals surface area contributed by atoms with Crippen molar-refractivity contribution in [2.24, 2.45) is 0 Å². The Morgan fingerprint density at radius 1 is 1.14 bits per heavy atom. The molecular formula is C23H26N2O3. The molecule has 0 radical (unpaired) electrons. The lowest BCUT2D eigenvalue weighted by atomic mass is 9.87. The Bertz CT molecular complexity index is 941. The van der Waals surface area contributed by atoms with Gasteiger partial charge < -0.3 is 15.3 Å². The highest BCUT2D eigenvalue weighted by Gasteiger charge is 2.28. The Kier molecular flexibility index (Phi) is 5.27. The second-order valence-corrected chi connectivity index (χ2v) is 8.12. The minimum Gasteiger partial charge on any atom is -0.506 e. The normalized spacial score (nSPS) is 15.9. The number of carbonyl (C=O) groups is 2. The Hall–Kier alpha value is -3.08. The maximum absolute atomic E-state index is 12.8. The van der Waals surface area contributed by atoms with E-state index in [1.54, 1.807) is 23.2 Å². The molecule has 0 aliphatic carbocycles. The molecule has 1 heterocycles. The van der Waals surface area contributed by atoms with Crippen LogP contribution in [-0.2, 0) is 15.0 Å². The van der Waals surface area contributed by atoms with Crippen molar-refractivity contribution in [3.63, 3.8) is 0 Å². The Balaban J connectivity index is 1.84. The highest BCUT2D eigenvalue weighted by molar-refractivity contribution is 5.93. The van der Waals surface area contributed by atoms with Crippen LogP contribution in [0.15, 0.2) is 48.7 Å². The van der Waals surface area contributed by atoms with Crippen molar-refractivity contribution < 1.29 is 14.7 Å². The number of anilines is 1. The molecule has 0 fully saturated rings. The lowest BCUT2D eigenvalue weighted by Crippen LogP contribution is -2.33. The van der Waals surface area contributed by atoms with Crippen molar-refractivity contribution in [3.8, 4) is 5.75 Å². The number of aromatic hydroxyl groups is 1. The van der Waals surface area contributed by atoms with Crippen molar-refractivity contribution in [3.05, 3.63) is 65.4 Å². The number of phenols is 1. The van der Waals surface area contributed by atoms with Crippen LogP contribution in [0.4, 0.5) is 5.69 Å². The number of rotatable bonds is 3. The molecule has 146 valence electrons. The molecule has 2 aromatic rings. The van der Waals surface area contributed by atoms with Crippen molar-refractivity contribution in [2.45, 2.75) is 45.6 Å². The first-order chi connectivity index (χ1) is 13.2. The molecule has 0 saturated heterocycles. The van der Waals surface area contributed by atoms with Gasteiger partial charge in [-0.25, -0.2) is 0 Å². The van der Waals surface area contributed by atoms with E-state index in [2.05, 4.69) is 26.1 Å². The highest BCUT2D eigenvalue weighted by atomic mass is 16.3. The smallest absolute Gasteiger partial charge is 0.226 e. The van der Waals surface area contributed by atoms with Crippen LogP contribution >= 0.6 is 0 Å². The van der Waals surface area contributed by atoms with E-state index < -0.39 is 0 Å². The zero-order valence-electron chi connectivity index (χ0n) is 16.7. The topological polar surface area (TPSA) is 69.6 Å². The summed E-state index contributed by atoms with van der Waals surface area (Å²) in [5.74, 6) is -0.363. The van der Waals surface area contributed by atoms with Gasteiger partial charge in [-0.2, -0.15) is 0 Å². The van der Waals surface area contributed by atoms with Gasteiger partial charge in [-0.3, -0.25) is 9.59 Å². The van der Waals surface area contributed by atoms with Crippen molar-refractivity contribution in [1.82, 2.24) is 4.90 Å². The monoisotopic (exact) mass is 378 g/mol. The molecular weight excluding hydrogens is 352 g/mol. The summed E-state index contributed by atoms with van der Waals surface area (Å²) in [6.07, 6.45) is 3.70. The van der Waals surface area contributed by atoms with Gasteiger partial charge in [0.2, 0.25) is 11.8 Å². The highest BCUT2D eigenvalue weighted by Crippen LogP contribution is 2.34. The molecule has 2 aromatic carbocycles. The fraction of sp³-hybridized carbons (Fsp3) is 0.304. The maximum atomic E-state index is 12.8. The lowest BCUT2D eigenvalue weighted by Gasteiger charge is -2.32. The molecule has 0 spiro atoms. The van der Waals surface area contributed by atoms with Gasteiger partial charge in [-0.1, -0.05) is 51.1 Å². The van der Waals surface area contributed by atoms with E-state index in [0.29, 0.717) is 5.69 Å². The Labute approximate surface area is 165 Å². The van der Waals surface area contributed by atoms with Crippen LogP contribution in [0.25, 0.3) is 6.08 Å². The van der Waals surface area contributed by atoms with Gasteiger partial charge in [0.05, 0.1) is 18.2 Å². The third kappa shape index (κ3) is 4.09. The van der Waals surface area contributed by atoms with Gasteiger partial charge in [0, 0.05) is 13.1 Å². The fourth-order valence-electron chi connectivity index (χ4n) is 3.39. The second kappa shape index (κ2) is 7.50. The zero-order valence-corrected chi connectivity index (χ0v) is 16.7. The summed E-state index contributed by atoms with van der Waals surface area (Å²) in [6.45, 7) is 7.70. The SMILES string of the molecule is CC(=O)N1C=Cc2ccccc2C1CC(=O)Nc1cc(C(C)(C)C)ccc1O. The number of fused-ring (bicyclic) bond motifs is 1. The minimum atomic E-state index is -0.383. The van der Waals surface area contributed by atoms with Gasteiger partial charge >= 0.3 is 0 Å². The van der Waals surface area contributed by atoms with Crippen LogP contribution in [-0.4, -0.2) is 21.8 Å². The first-order valence-corrected chi connectivity index (χ1v) is 9.36. The quantitative estimate of drug-likeness (QED) is 0.768. The molecule has 0 bridgehead atoms. The van der Waals surface area contributed by atoms with Crippen molar-refractivity contribution in [1.29, 1.82) is 0 Å². The summed E-state index contributed by atoms with van der Waals surface area (Å²) >= 11 is 0. The number of hydrogen-bond donors (Lipinski definition) is 2. The number of benzene rings is 2. The van der Waals surface area contributed by atoms with E-state index in [-0.39, 0.29) is 35.4 Å². The molecule has 1 atom stereocenters. The number of carbonyl (C=O) groups excluding carboxylic acids is 2. The van der Waals surface area contributed by atoms with Crippen LogP contribution in [0, 0.1) is 0 Å². The third-order valence-corrected chi connectivity index (χ3v) is 4.98. The molecule has 1 aliphatic heterocycles. The van der Waals surface area contributed by atoms with Crippen LogP contribution < -0.4 is 5.32 Å². The predicted octanol–water partition coefficient (Wildman–Crippen LogP) is 4.59. The molecule has 2 amide bonds. The van der Waals surface area contributed by atoms with Gasteiger partial charge in [0.25, 0.3) is 0 Å². The van der Waals surface area contributed by atoms with Crippen LogP contribution in [0.5, 0.6) is 5.75 Å². The number of hydrogen-bond acceptors (Lipinski definition) is 3. The Morgan fingerprint density at radius 3 is 2.54 bits per heavy atom. The van der Waals surface area contributed by atoms with Crippen LogP contribution in [0.1, 0.15) is 56.8 Å². The summed E-state index contributed by atoms with van der Waals surface area (Å²) in [5.41, 5.74) is 3.22. The van der Waals surface area contributed by atoms with Gasteiger partial charge in [0.15, 0.2) is 0 Å². The first-order valence-electron chi connectivity index (χ1n) is 9.36. The Morgan fingerprint density at radius 2 is 1.86 bits per heavy atom. The molecule has 1 unspecified atom stereocenters. The molecule has 0 saturated carbocycles. The molecule has 5 heteroatoms. The van der Waals surface area contributed by atoms with E-state index in [0.717, 1.165) is 16.7 Å². The molecule has 1 aliphatic rings. The number of phenolic OH excluding ortho intramolecular Hbond substituents is 1. The van der Waals surface area contributed by atoms with E-state index in [4.69, 9.17) is 0 Å². The van der Waals surface area contributed by atoms with E-state index in [1.807, 2.05) is 36.4 Å². The lowest BCUT2D eigenvalue weighted by molar-refractivity contribution is -0.129. The first kappa shape index (κ1) is 19.7. The average Bonchev–Trinajstić information content (AvgIpc) is 2.62. The van der Waals surface area contributed by atoms with E-state index in [1.165, 1.54) is 6.92 Å². The maximum Gasteiger partial charge on any atom is 0.226 e. The minimum absolute atomic E-state index is 0.0220. The third-order valence-electron chi connectivity index (χ3n) is 4.98. The predicted molar refractivity (Wildman–Crippen MR) is 111 cm³/mol. The molecule has 28 heavy (non-hydrogen) atoms. The van der Waals surface area contributed by atoms with Gasteiger partial charge in [0.1, 0.15) is 5.75 Å². The zero-order chi connectivity index (χ0) is 20.5. The van der Waals surface area contributed by atoms with Crippen LogP contribution in [0.2, 0.25) is 0 Å². The van der Waals surface area contributed by atoms with Gasteiger partial charge in [-0.15, -0.1) is 0 Å². The molecule has 3 rings (SSSR count). The summed E-state index contributed by atoms with van der Waals surface area (Å²) in [5, 5.41) is 13.0. The summed E-state index contributed by atoms with van der Waals surface area (Å²) < 4.78 is 0. The van der Waals surface area contributed by atoms with Crippen molar-refractivity contribution in [2.75, 3.05) is 5.32 Å². The summed E-state index contributed by atoms with van der Waals surface area (Å²) in [4.78, 5) is 26.4. The number of amides is 2. The molecule has 5 nitrogen and oxygen atoms in total. The molecule has 2 N–H and O–H groups in total. The average molecular weight is 378 g/mol. The standard InChI is InChI=1S/C23H26N2O3/c1-15(26)25-12-11-16-7-5-6-8-18(16)20(25)14-22(28)24-19-13-17(23(2,3)4)9-10-21(19)27/h5-13,20,27H,14H2,1-4H3,(H,24,28). The van der Waals surface area contributed by atoms with E-state index >= 15 is 0 Å². The second-order valence-electron chi connectivity index (χ2n) is 8.12. The number of nitrogens with one attached hydrogen (secondary N) is 1. The summed E-state index contributed by atoms with van der Waals surface area (Å²) in [6, 6.07) is 12.6. The number of nitrogens with zero attached hydrogens (tertiary/aromatic N) is 1. The van der Waals surface area contributed by atoms with E-state index in [9.17, 15) is 14.7 Å². The largest absolute Gasteiger partial charge is 0.506 e. The van der Waals surface area contributed by atoms with Gasteiger partial charge in [-0.05, 0) is 40.3 Å². The van der Waals surface area contributed by atoms with Crippen LogP contribution in [0.3, 0.4) is 0 Å². The van der Waals surface area contributed by atoms with Crippen molar-refractivity contribution >= 4 is 23.6 Å². The molecule has 0 aromatic heterocycles. The summed E-state index contributed by atoms with van der Waals surface area (Å²) in [7, 11) is 0. The fourth-order valence-corrected chi connectivity index (χ4v) is 3.39.